The number of rotatable bonds is 3. The van der Waals surface area contributed by atoms with Crippen LogP contribution in [0.15, 0.2) is 10.7 Å². The Kier molecular flexibility index (Phi) is 3.20. The smallest absolute Gasteiger partial charge is 0.302 e. The SMILES string of the molecule is O=C(Nc1nc(C(=O)N2CCOCC2)co1)C1CC1. The lowest BCUT2D eigenvalue weighted by Gasteiger charge is -2.25. The van der Waals surface area contributed by atoms with Crippen LogP contribution >= 0.6 is 0 Å². The number of hydrogen-bond acceptors (Lipinski definition) is 5. The molecule has 0 bridgehead atoms. The van der Waals surface area contributed by atoms with Crippen molar-refractivity contribution < 1.29 is 18.7 Å². The van der Waals surface area contributed by atoms with Crippen molar-refractivity contribution in [3.8, 4) is 0 Å². The minimum atomic E-state index is -0.195. The number of aromatic nitrogens is 1. The molecule has 19 heavy (non-hydrogen) atoms. The molecule has 0 radical (unpaired) electrons. The highest BCUT2D eigenvalue weighted by Crippen LogP contribution is 2.30. The lowest BCUT2D eigenvalue weighted by molar-refractivity contribution is -0.117. The summed E-state index contributed by atoms with van der Waals surface area (Å²) in [5, 5.41) is 2.57. The molecule has 1 aromatic heterocycles. The molecule has 0 aromatic carbocycles. The molecule has 0 unspecified atom stereocenters. The zero-order valence-corrected chi connectivity index (χ0v) is 10.4. The van der Waals surface area contributed by atoms with Crippen molar-refractivity contribution in [2.75, 3.05) is 31.6 Å². The Morgan fingerprint density at radius 2 is 2.05 bits per heavy atom. The molecule has 2 amide bonds. The molecule has 2 aliphatic rings. The number of morpholine rings is 1. The molecule has 1 saturated carbocycles. The van der Waals surface area contributed by atoms with Crippen LogP contribution in [-0.2, 0) is 9.53 Å². The summed E-state index contributed by atoms with van der Waals surface area (Å²) in [5.74, 6) is -0.212. The summed E-state index contributed by atoms with van der Waals surface area (Å²) in [6.07, 6.45) is 3.10. The summed E-state index contributed by atoms with van der Waals surface area (Å²) in [4.78, 5) is 29.3. The Labute approximate surface area is 109 Å². The maximum atomic E-state index is 12.1. The zero-order chi connectivity index (χ0) is 13.2. The monoisotopic (exact) mass is 265 g/mol. The lowest BCUT2D eigenvalue weighted by atomic mass is 10.3. The third-order valence-corrected chi connectivity index (χ3v) is 3.20. The fourth-order valence-electron chi connectivity index (χ4n) is 1.91. The van der Waals surface area contributed by atoms with E-state index in [0.717, 1.165) is 12.8 Å². The summed E-state index contributed by atoms with van der Waals surface area (Å²) >= 11 is 0. The number of carbonyl (C=O) groups excluding carboxylic acids is 2. The van der Waals surface area contributed by atoms with Crippen LogP contribution in [0, 0.1) is 5.92 Å². The van der Waals surface area contributed by atoms with Gasteiger partial charge in [0.2, 0.25) is 5.91 Å². The fourth-order valence-corrected chi connectivity index (χ4v) is 1.91. The maximum absolute atomic E-state index is 12.1. The summed E-state index contributed by atoms with van der Waals surface area (Å²) in [6.45, 7) is 2.18. The standard InChI is InChI=1S/C12H15N3O4/c16-10(8-1-2-8)14-12-13-9(7-19-12)11(17)15-3-5-18-6-4-15/h7-8H,1-6H2,(H,13,14,16). The van der Waals surface area contributed by atoms with Crippen LogP contribution in [0.1, 0.15) is 23.3 Å². The van der Waals surface area contributed by atoms with Crippen LogP contribution in [0.2, 0.25) is 0 Å². The summed E-state index contributed by atoms with van der Waals surface area (Å²) in [7, 11) is 0. The van der Waals surface area contributed by atoms with E-state index in [4.69, 9.17) is 9.15 Å². The molecule has 2 heterocycles. The highest BCUT2D eigenvalue weighted by atomic mass is 16.5. The number of carbonyl (C=O) groups is 2. The molecular formula is C12H15N3O4. The lowest BCUT2D eigenvalue weighted by Crippen LogP contribution is -2.40. The van der Waals surface area contributed by atoms with Crippen LogP contribution in [0.5, 0.6) is 0 Å². The number of oxazole rings is 1. The molecule has 1 N–H and O–H groups in total. The first-order chi connectivity index (χ1) is 9.24. The number of nitrogens with one attached hydrogen (secondary N) is 1. The quantitative estimate of drug-likeness (QED) is 0.860. The van der Waals surface area contributed by atoms with Gasteiger partial charge in [0.05, 0.1) is 13.2 Å². The molecule has 1 aliphatic heterocycles. The molecule has 7 nitrogen and oxygen atoms in total. The first kappa shape index (κ1) is 12.2. The topological polar surface area (TPSA) is 84.7 Å². The van der Waals surface area contributed by atoms with Crippen molar-refractivity contribution in [3.05, 3.63) is 12.0 Å². The fraction of sp³-hybridized carbons (Fsp3) is 0.583. The van der Waals surface area contributed by atoms with Crippen molar-refractivity contribution in [3.63, 3.8) is 0 Å². The van der Waals surface area contributed by atoms with Crippen molar-refractivity contribution in [2.24, 2.45) is 5.92 Å². The van der Waals surface area contributed by atoms with E-state index in [1.165, 1.54) is 6.26 Å². The molecule has 7 heteroatoms. The Bertz CT molecular complexity index is 489. The largest absolute Gasteiger partial charge is 0.431 e. The van der Waals surface area contributed by atoms with Crippen molar-refractivity contribution >= 4 is 17.8 Å². The van der Waals surface area contributed by atoms with E-state index in [1.54, 1.807) is 4.90 Å². The Morgan fingerprint density at radius 3 is 2.74 bits per heavy atom. The van der Waals surface area contributed by atoms with Gasteiger partial charge in [-0.3, -0.25) is 14.9 Å². The number of amides is 2. The number of nitrogens with zero attached hydrogens (tertiary/aromatic N) is 2. The van der Waals surface area contributed by atoms with E-state index in [1.807, 2.05) is 0 Å². The van der Waals surface area contributed by atoms with Gasteiger partial charge >= 0.3 is 6.01 Å². The third kappa shape index (κ3) is 2.76. The first-order valence-electron chi connectivity index (χ1n) is 6.37. The van der Waals surface area contributed by atoms with E-state index in [0.29, 0.717) is 26.3 Å². The number of hydrogen-bond donors (Lipinski definition) is 1. The average molecular weight is 265 g/mol. The van der Waals surface area contributed by atoms with Gasteiger partial charge in [0.25, 0.3) is 5.91 Å². The summed E-state index contributed by atoms with van der Waals surface area (Å²) in [5.41, 5.74) is 0.216. The van der Waals surface area contributed by atoms with Gasteiger partial charge < -0.3 is 14.1 Å². The van der Waals surface area contributed by atoms with E-state index in [-0.39, 0.29) is 29.4 Å². The second kappa shape index (κ2) is 5.00. The molecule has 102 valence electrons. The predicted octanol–water partition coefficient (Wildman–Crippen LogP) is 0.495. The first-order valence-corrected chi connectivity index (χ1v) is 6.37. The normalized spacial score (nSPS) is 19.3. The van der Waals surface area contributed by atoms with Crippen molar-refractivity contribution in [1.82, 2.24) is 9.88 Å². The van der Waals surface area contributed by atoms with E-state index in [9.17, 15) is 9.59 Å². The molecule has 1 aliphatic carbocycles. The minimum Gasteiger partial charge on any atom is -0.431 e. The van der Waals surface area contributed by atoms with E-state index < -0.39 is 0 Å². The average Bonchev–Trinajstić information content (AvgIpc) is 3.20. The highest BCUT2D eigenvalue weighted by molar-refractivity contribution is 5.94. The summed E-state index contributed by atoms with van der Waals surface area (Å²) < 4.78 is 10.3. The van der Waals surface area contributed by atoms with Gasteiger partial charge in [-0.2, -0.15) is 4.98 Å². The molecule has 1 aromatic rings. The number of ether oxygens (including phenoxy) is 1. The van der Waals surface area contributed by atoms with Gasteiger partial charge in [0.15, 0.2) is 5.69 Å². The van der Waals surface area contributed by atoms with Gasteiger partial charge in [0.1, 0.15) is 6.26 Å². The van der Waals surface area contributed by atoms with E-state index >= 15 is 0 Å². The second-order valence-corrected chi connectivity index (χ2v) is 4.71. The van der Waals surface area contributed by atoms with Crippen LogP contribution < -0.4 is 5.32 Å². The van der Waals surface area contributed by atoms with Gasteiger partial charge in [-0.05, 0) is 12.8 Å². The van der Waals surface area contributed by atoms with Crippen LogP contribution in [-0.4, -0.2) is 48.0 Å². The Hall–Kier alpha value is -1.89. The molecule has 0 atom stereocenters. The Balaban J connectivity index is 1.62. The van der Waals surface area contributed by atoms with Crippen molar-refractivity contribution in [1.29, 1.82) is 0 Å². The molecule has 0 spiro atoms. The van der Waals surface area contributed by atoms with Crippen LogP contribution in [0.25, 0.3) is 0 Å². The van der Waals surface area contributed by atoms with Gasteiger partial charge in [-0.15, -0.1) is 0 Å². The predicted molar refractivity (Wildman–Crippen MR) is 64.6 cm³/mol. The molecule has 3 rings (SSSR count). The molecule has 1 saturated heterocycles. The van der Waals surface area contributed by atoms with Gasteiger partial charge in [-0.25, -0.2) is 0 Å². The third-order valence-electron chi connectivity index (χ3n) is 3.20. The van der Waals surface area contributed by atoms with Gasteiger partial charge in [-0.1, -0.05) is 0 Å². The minimum absolute atomic E-state index is 0.0743. The van der Waals surface area contributed by atoms with Crippen molar-refractivity contribution in [2.45, 2.75) is 12.8 Å². The highest BCUT2D eigenvalue weighted by Gasteiger charge is 2.31. The van der Waals surface area contributed by atoms with Crippen LogP contribution in [0.4, 0.5) is 6.01 Å². The second-order valence-electron chi connectivity index (χ2n) is 4.71. The molecular weight excluding hydrogens is 250 g/mol. The molecule has 2 fully saturated rings. The van der Waals surface area contributed by atoms with Gasteiger partial charge in [0, 0.05) is 19.0 Å². The Morgan fingerprint density at radius 1 is 1.32 bits per heavy atom. The zero-order valence-electron chi connectivity index (χ0n) is 10.4. The maximum Gasteiger partial charge on any atom is 0.302 e. The number of anilines is 1. The summed E-state index contributed by atoms with van der Waals surface area (Å²) in [6, 6.07) is 0.0912. The van der Waals surface area contributed by atoms with E-state index in [2.05, 4.69) is 10.3 Å². The van der Waals surface area contributed by atoms with Crippen LogP contribution in [0.3, 0.4) is 0 Å².